The highest BCUT2D eigenvalue weighted by molar-refractivity contribution is 5.06. The van der Waals surface area contributed by atoms with Crippen LogP contribution in [0.15, 0.2) is 15.8 Å². The van der Waals surface area contributed by atoms with Gasteiger partial charge in [0.2, 0.25) is 0 Å². The molecule has 7 heteroatoms. The Kier molecular flexibility index (Phi) is 4.42. The van der Waals surface area contributed by atoms with E-state index in [1.54, 1.807) is 6.92 Å². The van der Waals surface area contributed by atoms with Gasteiger partial charge in [0, 0.05) is 17.7 Å². The molecule has 0 unspecified atom stereocenters. The monoisotopic (exact) mass is 283 g/mol. The van der Waals surface area contributed by atoms with Crippen LogP contribution in [0.5, 0.6) is 0 Å². The molecule has 4 atom stereocenters. The zero-order chi connectivity index (χ0) is 14.9. The number of H-pyrrole nitrogens is 1. The van der Waals surface area contributed by atoms with Crippen LogP contribution in [0.1, 0.15) is 32.1 Å². The summed E-state index contributed by atoms with van der Waals surface area (Å²) in [5.74, 6) is -0.226. The third-order valence-corrected chi connectivity index (χ3v) is 3.79. The fourth-order valence-corrected chi connectivity index (χ4v) is 2.53. The van der Waals surface area contributed by atoms with E-state index in [-0.39, 0.29) is 17.6 Å². The first-order valence-electron chi connectivity index (χ1n) is 6.83. The van der Waals surface area contributed by atoms with Crippen molar-refractivity contribution >= 4 is 0 Å². The maximum absolute atomic E-state index is 11.9. The van der Waals surface area contributed by atoms with E-state index in [0.717, 1.165) is 0 Å². The van der Waals surface area contributed by atoms with Crippen LogP contribution in [-0.2, 0) is 11.2 Å². The lowest BCUT2D eigenvalue weighted by Crippen LogP contribution is -2.36. The number of aliphatic hydroxyl groups is 1. The summed E-state index contributed by atoms with van der Waals surface area (Å²) >= 11 is 0. The van der Waals surface area contributed by atoms with Gasteiger partial charge in [0.15, 0.2) is 0 Å². The Morgan fingerprint density at radius 1 is 1.45 bits per heavy atom. The molecular formula is C13H21N3O4. The third kappa shape index (κ3) is 2.70. The Morgan fingerprint density at radius 2 is 2.15 bits per heavy atom. The maximum atomic E-state index is 11.9. The van der Waals surface area contributed by atoms with Gasteiger partial charge in [-0.05, 0) is 26.3 Å². The zero-order valence-corrected chi connectivity index (χ0v) is 11.7. The van der Waals surface area contributed by atoms with E-state index in [4.69, 9.17) is 10.5 Å². The Labute approximate surface area is 116 Å². The minimum Gasteiger partial charge on any atom is -0.390 e. The minimum absolute atomic E-state index is 0.226. The molecule has 0 amide bonds. The molecule has 1 fully saturated rings. The molecule has 1 aliphatic rings. The molecular weight excluding hydrogens is 262 g/mol. The number of hydrogen-bond acceptors (Lipinski definition) is 5. The highest BCUT2D eigenvalue weighted by Crippen LogP contribution is 2.33. The second kappa shape index (κ2) is 5.90. The Balaban J connectivity index is 2.37. The number of rotatable bonds is 4. The minimum atomic E-state index is -0.633. The summed E-state index contributed by atoms with van der Waals surface area (Å²) in [5.41, 5.74) is 5.02. The van der Waals surface area contributed by atoms with Crippen LogP contribution >= 0.6 is 0 Å². The van der Waals surface area contributed by atoms with E-state index < -0.39 is 18.0 Å². The van der Waals surface area contributed by atoms with Gasteiger partial charge in [0.25, 0.3) is 5.56 Å². The van der Waals surface area contributed by atoms with Crippen LogP contribution in [-0.4, -0.2) is 33.4 Å². The van der Waals surface area contributed by atoms with Crippen LogP contribution in [0, 0.1) is 5.92 Å². The van der Waals surface area contributed by atoms with Gasteiger partial charge >= 0.3 is 5.69 Å². The number of hydrogen-bond donors (Lipinski definition) is 3. The predicted octanol–water partition coefficient (Wildman–Crippen LogP) is -0.658. The lowest BCUT2D eigenvalue weighted by Gasteiger charge is -2.18. The van der Waals surface area contributed by atoms with Gasteiger partial charge in [-0.25, -0.2) is 4.79 Å². The van der Waals surface area contributed by atoms with Crippen LogP contribution in [0.25, 0.3) is 0 Å². The van der Waals surface area contributed by atoms with Crippen molar-refractivity contribution in [1.29, 1.82) is 0 Å². The molecule has 0 saturated carbocycles. The number of ether oxygens (including phenoxy) is 1. The lowest BCUT2D eigenvalue weighted by molar-refractivity contribution is -0.0144. The highest BCUT2D eigenvalue weighted by atomic mass is 16.5. The SMILES string of the molecule is C[C@@H]1[C@H](O)[C@@H](C)O[C@H]1n1cc(CCCN)c(=O)[nH]c1=O. The molecule has 0 spiro atoms. The number of aromatic nitrogens is 2. The summed E-state index contributed by atoms with van der Waals surface area (Å²) in [6, 6.07) is 0. The Morgan fingerprint density at radius 3 is 2.70 bits per heavy atom. The number of nitrogens with two attached hydrogens (primary N) is 1. The number of aromatic amines is 1. The van der Waals surface area contributed by atoms with E-state index in [9.17, 15) is 14.7 Å². The molecule has 1 aliphatic heterocycles. The molecule has 0 bridgehead atoms. The molecule has 7 nitrogen and oxygen atoms in total. The lowest BCUT2D eigenvalue weighted by atomic mass is 10.0. The van der Waals surface area contributed by atoms with Crippen LogP contribution in [0.3, 0.4) is 0 Å². The molecule has 112 valence electrons. The second-order valence-electron chi connectivity index (χ2n) is 5.29. The van der Waals surface area contributed by atoms with Crippen molar-refractivity contribution in [3.05, 3.63) is 32.6 Å². The van der Waals surface area contributed by atoms with Gasteiger partial charge in [-0.3, -0.25) is 14.3 Å². The predicted molar refractivity (Wildman–Crippen MR) is 73.5 cm³/mol. The molecule has 2 heterocycles. The second-order valence-corrected chi connectivity index (χ2v) is 5.29. The Bertz CT molecular complexity index is 580. The molecule has 1 saturated heterocycles. The maximum Gasteiger partial charge on any atom is 0.330 e. The molecule has 1 aromatic rings. The van der Waals surface area contributed by atoms with Crippen molar-refractivity contribution < 1.29 is 9.84 Å². The topological polar surface area (TPSA) is 110 Å². The quantitative estimate of drug-likeness (QED) is 0.679. The summed E-state index contributed by atoms with van der Waals surface area (Å²) in [4.78, 5) is 25.9. The number of aliphatic hydroxyl groups excluding tert-OH is 1. The van der Waals surface area contributed by atoms with Crippen LogP contribution < -0.4 is 17.0 Å². The molecule has 0 aliphatic carbocycles. The number of nitrogens with zero attached hydrogens (tertiary/aromatic N) is 1. The van der Waals surface area contributed by atoms with Crippen molar-refractivity contribution in [2.24, 2.45) is 11.7 Å². The van der Waals surface area contributed by atoms with Crippen molar-refractivity contribution in [2.45, 2.75) is 45.1 Å². The van der Waals surface area contributed by atoms with E-state index in [2.05, 4.69) is 4.98 Å². The summed E-state index contributed by atoms with van der Waals surface area (Å²) in [6.45, 7) is 4.05. The molecule has 0 radical (unpaired) electrons. The van der Waals surface area contributed by atoms with Gasteiger partial charge in [0.05, 0.1) is 12.2 Å². The fraction of sp³-hybridized carbons (Fsp3) is 0.692. The summed E-state index contributed by atoms with van der Waals surface area (Å²) in [6.07, 6.45) is 1.14. The van der Waals surface area contributed by atoms with Crippen LogP contribution in [0.2, 0.25) is 0 Å². The normalized spacial score (nSPS) is 29.8. The van der Waals surface area contributed by atoms with E-state index >= 15 is 0 Å². The first kappa shape index (κ1) is 15.0. The first-order valence-corrected chi connectivity index (χ1v) is 6.83. The molecule has 20 heavy (non-hydrogen) atoms. The highest BCUT2D eigenvalue weighted by Gasteiger charge is 2.39. The van der Waals surface area contributed by atoms with Gasteiger partial charge in [0.1, 0.15) is 6.23 Å². The molecule has 0 aromatic carbocycles. The molecule has 4 N–H and O–H groups in total. The fourth-order valence-electron chi connectivity index (χ4n) is 2.53. The molecule has 2 rings (SSSR count). The number of aryl methyl sites for hydroxylation is 1. The zero-order valence-electron chi connectivity index (χ0n) is 11.7. The van der Waals surface area contributed by atoms with E-state index in [1.807, 2.05) is 6.92 Å². The summed E-state index contributed by atoms with van der Waals surface area (Å²) in [5, 5.41) is 9.93. The van der Waals surface area contributed by atoms with E-state index in [1.165, 1.54) is 10.8 Å². The standard InChI is InChI=1S/C13H21N3O4/c1-7-10(17)8(2)20-12(7)16-6-9(4-3-5-14)11(18)15-13(16)19/h6-8,10,12,17H,3-5,14H2,1-2H3,(H,15,18,19)/t7-,8-,10+,12-/m1/s1. The third-order valence-electron chi connectivity index (χ3n) is 3.79. The van der Waals surface area contributed by atoms with Crippen molar-refractivity contribution in [3.8, 4) is 0 Å². The van der Waals surface area contributed by atoms with Crippen LogP contribution in [0.4, 0.5) is 0 Å². The summed E-state index contributed by atoms with van der Waals surface area (Å²) < 4.78 is 6.97. The number of nitrogens with one attached hydrogen (secondary N) is 1. The first-order chi connectivity index (χ1) is 9.45. The van der Waals surface area contributed by atoms with Gasteiger partial charge in [-0.15, -0.1) is 0 Å². The van der Waals surface area contributed by atoms with Crippen molar-refractivity contribution in [3.63, 3.8) is 0 Å². The van der Waals surface area contributed by atoms with Gasteiger partial charge in [-0.1, -0.05) is 6.92 Å². The van der Waals surface area contributed by atoms with Crippen molar-refractivity contribution in [1.82, 2.24) is 9.55 Å². The van der Waals surface area contributed by atoms with Crippen molar-refractivity contribution in [2.75, 3.05) is 6.54 Å². The Hall–Kier alpha value is -1.44. The molecule has 1 aromatic heterocycles. The smallest absolute Gasteiger partial charge is 0.330 e. The average Bonchev–Trinajstić information content (AvgIpc) is 2.66. The largest absolute Gasteiger partial charge is 0.390 e. The average molecular weight is 283 g/mol. The van der Waals surface area contributed by atoms with Gasteiger partial charge in [-0.2, -0.15) is 0 Å². The van der Waals surface area contributed by atoms with E-state index in [0.29, 0.717) is 24.9 Å². The van der Waals surface area contributed by atoms with Gasteiger partial charge < -0.3 is 15.6 Å². The summed E-state index contributed by atoms with van der Waals surface area (Å²) in [7, 11) is 0.